The molecule has 0 aliphatic rings. The topological polar surface area (TPSA) is 29.3 Å². The van der Waals surface area contributed by atoms with Crippen LogP contribution in [0.2, 0.25) is 0 Å². The summed E-state index contributed by atoms with van der Waals surface area (Å²) in [6, 6.07) is 64.6. The largest absolute Gasteiger partial charge is 0.436 e. The molecule has 8 aromatic carbocycles. The Balaban J connectivity index is 1.10. The average molecular weight is 671 g/mol. The van der Waals surface area contributed by atoms with Crippen LogP contribution in [0, 0.1) is 0 Å². The molecule has 10 aromatic rings. The molecule has 0 N–H and O–H groups in total. The zero-order valence-corrected chi connectivity index (χ0v) is 28.3. The van der Waals surface area contributed by atoms with Gasteiger partial charge in [-0.1, -0.05) is 115 Å². The quantitative estimate of drug-likeness (QED) is 0.176. The van der Waals surface area contributed by atoms with Crippen molar-refractivity contribution in [2.24, 2.45) is 0 Å². The molecule has 0 aliphatic carbocycles. The van der Waals surface area contributed by atoms with Crippen LogP contribution in [-0.4, -0.2) is 4.98 Å². The number of hydrogen-bond acceptors (Lipinski definition) is 4. The van der Waals surface area contributed by atoms with Gasteiger partial charge < -0.3 is 9.32 Å². The van der Waals surface area contributed by atoms with Crippen molar-refractivity contribution < 1.29 is 4.42 Å². The fourth-order valence-electron chi connectivity index (χ4n) is 7.22. The molecular weight excluding hydrogens is 641 g/mol. The SMILES string of the molecule is c1ccc(-c2ccc(N(c3ccc(-c4cc5oc(-c6ccccc6)nc5c5ccccc45)cc3)c3ccc4sc5ccccc5c4c3)cc2)cc1. The summed E-state index contributed by atoms with van der Waals surface area (Å²) in [6.07, 6.45) is 0. The number of aromatic nitrogens is 1. The van der Waals surface area contributed by atoms with Gasteiger partial charge in [-0.05, 0) is 94.4 Å². The molecule has 4 heteroatoms. The number of fused-ring (bicyclic) bond motifs is 6. The molecule has 0 aliphatic heterocycles. The Morgan fingerprint density at radius 3 is 1.69 bits per heavy atom. The van der Waals surface area contributed by atoms with E-state index >= 15 is 0 Å². The van der Waals surface area contributed by atoms with E-state index in [2.05, 4.69) is 157 Å². The van der Waals surface area contributed by atoms with Gasteiger partial charge in [-0.15, -0.1) is 11.3 Å². The molecule has 2 aromatic heterocycles. The second-order valence-electron chi connectivity index (χ2n) is 12.8. The Hall–Kier alpha value is -6.49. The predicted molar refractivity (Wildman–Crippen MR) is 215 cm³/mol. The number of oxazole rings is 1. The molecular formula is C47H30N2OS. The van der Waals surface area contributed by atoms with Gasteiger partial charge in [0.2, 0.25) is 5.89 Å². The lowest BCUT2D eigenvalue weighted by molar-refractivity contribution is 0.620. The van der Waals surface area contributed by atoms with E-state index in [0.717, 1.165) is 55.6 Å². The number of nitrogens with zero attached hydrogens (tertiary/aromatic N) is 2. The van der Waals surface area contributed by atoms with E-state index in [-0.39, 0.29) is 0 Å². The first kappa shape index (κ1) is 29.4. The van der Waals surface area contributed by atoms with Gasteiger partial charge in [-0.3, -0.25) is 0 Å². The zero-order chi connectivity index (χ0) is 33.7. The summed E-state index contributed by atoms with van der Waals surface area (Å²) in [5, 5.41) is 4.79. The fourth-order valence-corrected chi connectivity index (χ4v) is 8.31. The van der Waals surface area contributed by atoms with Gasteiger partial charge in [-0.2, -0.15) is 0 Å². The third kappa shape index (κ3) is 5.16. The molecule has 0 saturated heterocycles. The van der Waals surface area contributed by atoms with Crippen molar-refractivity contribution in [3.8, 4) is 33.7 Å². The summed E-state index contributed by atoms with van der Waals surface area (Å²) in [4.78, 5) is 7.30. The third-order valence-corrected chi connectivity index (χ3v) is 10.9. The Morgan fingerprint density at radius 2 is 0.961 bits per heavy atom. The Bertz CT molecular complexity index is 2840. The van der Waals surface area contributed by atoms with Crippen molar-refractivity contribution in [2.45, 2.75) is 0 Å². The summed E-state index contributed by atoms with van der Waals surface area (Å²) in [6.45, 7) is 0. The lowest BCUT2D eigenvalue weighted by atomic mass is 9.97. The average Bonchev–Trinajstić information content (AvgIpc) is 3.81. The molecule has 0 spiro atoms. The van der Waals surface area contributed by atoms with E-state index in [9.17, 15) is 0 Å². The maximum atomic E-state index is 6.38. The molecule has 51 heavy (non-hydrogen) atoms. The summed E-state index contributed by atoms with van der Waals surface area (Å²) in [5.41, 5.74) is 10.6. The van der Waals surface area contributed by atoms with E-state index in [1.54, 1.807) is 0 Å². The van der Waals surface area contributed by atoms with Crippen molar-refractivity contribution in [1.29, 1.82) is 0 Å². The molecule has 3 nitrogen and oxygen atoms in total. The van der Waals surface area contributed by atoms with Crippen LogP contribution in [0.5, 0.6) is 0 Å². The van der Waals surface area contributed by atoms with Crippen LogP contribution in [0.4, 0.5) is 17.1 Å². The second-order valence-corrected chi connectivity index (χ2v) is 13.9. The predicted octanol–water partition coefficient (Wildman–Crippen LogP) is 13.8. The normalized spacial score (nSPS) is 11.5. The molecule has 240 valence electrons. The minimum atomic E-state index is 0.632. The standard InChI is InChI=1S/C47H30N2OS/c1-3-11-31(12-4-1)32-19-23-35(24-20-32)49(37-27-28-45-42(29-37)39-16-9-10-18-44(39)51-45)36-25-21-33(22-26-36)41-30-43-46(40-17-8-7-15-38(40)41)48-47(50-43)34-13-5-2-6-14-34/h1-30H. The second kappa shape index (κ2) is 12.1. The number of rotatable bonds is 6. The highest BCUT2D eigenvalue weighted by molar-refractivity contribution is 7.25. The monoisotopic (exact) mass is 670 g/mol. The van der Waals surface area contributed by atoms with Crippen molar-refractivity contribution in [3.05, 3.63) is 182 Å². The number of hydrogen-bond donors (Lipinski definition) is 0. The van der Waals surface area contributed by atoms with Crippen molar-refractivity contribution >= 4 is 70.4 Å². The Morgan fingerprint density at radius 1 is 0.412 bits per heavy atom. The van der Waals surface area contributed by atoms with Gasteiger partial charge in [0.1, 0.15) is 5.52 Å². The summed E-state index contributed by atoms with van der Waals surface area (Å²) < 4.78 is 8.98. The maximum Gasteiger partial charge on any atom is 0.227 e. The highest BCUT2D eigenvalue weighted by Crippen LogP contribution is 2.42. The van der Waals surface area contributed by atoms with Crippen molar-refractivity contribution in [3.63, 3.8) is 0 Å². The van der Waals surface area contributed by atoms with Crippen LogP contribution < -0.4 is 4.90 Å². The highest BCUT2D eigenvalue weighted by atomic mass is 32.1. The van der Waals surface area contributed by atoms with Gasteiger partial charge in [-0.25, -0.2) is 4.98 Å². The van der Waals surface area contributed by atoms with Gasteiger partial charge in [0.25, 0.3) is 0 Å². The van der Waals surface area contributed by atoms with E-state index < -0.39 is 0 Å². The number of benzene rings is 8. The molecule has 10 rings (SSSR count). The zero-order valence-electron chi connectivity index (χ0n) is 27.5. The van der Waals surface area contributed by atoms with Crippen LogP contribution in [-0.2, 0) is 0 Å². The van der Waals surface area contributed by atoms with Gasteiger partial charge in [0.15, 0.2) is 5.58 Å². The van der Waals surface area contributed by atoms with Gasteiger partial charge in [0, 0.05) is 48.2 Å². The number of anilines is 3. The molecule has 0 unspecified atom stereocenters. The van der Waals surface area contributed by atoms with Crippen molar-refractivity contribution in [2.75, 3.05) is 4.90 Å². The molecule has 2 heterocycles. The van der Waals surface area contributed by atoms with E-state index in [1.807, 2.05) is 41.7 Å². The van der Waals surface area contributed by atoms with Crippen LogP contribution >= 0.6 is 11.3 Å². The molecule has 0 amide bonds. The minimum absolute atomic E-state index is 0.632. The van der Waals surface area contributed by atoms with E-state index in [4.69, 9.17) is 9.40 Å². The first-order valence-corrected chi connectivity index (χ1v) is 17.9. The number of thiophene rings is 1. The minimum Gasteiger partial charge on any atom is -0.436 e. The van der Waals surface area contributed by atoms with Gasteiger partial charge in [0.05, 0.1) is 0 Å². The van der Waals surface area contributed by atoms with Gasteiger partial charge >= 0.3 is 0 Å². The summed E-state index contributed by atoms with van der Waals surface area (Å²) >= 11 is 1.84. The van der Waals surface area contributed by atoms with E-state index in [1.165, 1.54) is 31.3 Å². The Labute approximate surface area is 299 Å². The maximum absolute atomic E-state index is 6.38. The van der Waals surface area contributed by atoms with Crippen LogP contribution in [0.15, 0.2) is 186 Å². The molecule has 0 atom stereocenters. The fraction of sp³-hybridized carbons (Fsp3) is 0. The molecule has 0 fully saturated rings. The molecule has 0 bridgehead atoms. The third-order valence-electron chi connectivity index (χ3n) is 9.71. The lowest BCUT2D eigenvalue weighted by Crippen LogP contribution is -2.09. The first-order valence-electron chi connectivity index (χ1n) is 17.1. The Kier molecular flexibility index (Phi) is 7.00. The smallest absolute Gasteiger partial charge is 0.227 e. The lowest BCUT2D eigenvalue weighted by Gasteiger charge is -2.26. The van der Waals surface area contributed by atoms with Crippen molar-refractivity contribution in [1.82, 2.24) is 4.98 Å². The van der Waals surface area contributed by atoms with Crippen LogP contribution in [0.3, 0.4) is 0 Å². The summed E-state index contributed by atoms with van der Waals surface area (Å²) in [7, 11) is 0. The summed E-state index contributed by atoms with van der Waals surface area (Å²) in [5.74, 6) is 0.632. The van der Waals surface area contributed by atoms with Crippen LogP contribution in [0.25, 0.3) is 75.8 Å². The molecule has 0 radical (unpaired) electrons. The van der Waals surface area contributed by atoms with E-state index in [0.29, 0.717) is 5.89 Å². The van der Waals surface area contributed by atoms with Crippen LogP contribution in [0.1, 0.15) is 0 Å². The first-order chi connectivity index (χ1) is 25.3. The molecule has 0 saturated carbocycles. The highest BCUT2D eigenvalue weighted by Gasteiger charge is 2.18.